The topological polar surface area (TPSA) is 32.3 Å². The van der Waals surface area contributed by atoms with Crippen LogP contribution >= 0.6 is 0 Å². The van der Waals surface area contributed by atoms with Gasteiger partial charge in [-0.25, -0.2) is 0 Å². The Bertz CT molecular complexity index is 235. The minimum Gasteiger partial charge on any atom is -0.316 e. The lowest BCUT2D eigenvalue weighted by molar-refractivity contribution is -0.121. The van der Waals surface area contributed by atoms with Crippen molar-refractivity contribution in [3.8, 4) is 0 Å². The molecule has 1 aliphatic rings. The van der Waals surface area contributed by atoms with Gasteiger partial charge in [0.2, 0.25) is 0 Å². The maximum absolute atomic E-state index is 11.5. The van der Waals surface area contributed by atoms with Gasteiger partial charge in [0, 0.05) is 12.1 Å². The molecule has 4 heteroatoms. The number of hydrogen-bond donors (Lipinski definition) is 1. The minimum absolute atomic E-state index is 0.0193. The van der Waals surface area contributed by atoms with E-state index >= 15 is 0 Å². The van der Waals surface area contributed by atoms with E-state index in [1.165, 1.54) is 0 Å². The fraction of sp³-hybridized carbons (Fsp3) is 0.909. The molecule has 4 atom stereocenters. The van der Waals surface area contributed by atoms with E-state index in [1.807, 2.05) is 7.05 Å². The maximum atomic E-state index is 11.5. The summed E-state index contributed by atoms with van der Waals surface area (Å²) in [6, 6.07) is 0.736. The highest BCUT2D eigenvalue weighted by Gasteiger charge is 2.36. The summed E-state index contributed by atoms with van der Waals surface area (Å²) in [6.07, 6.45) is 0.802. The van der Waals surface area contributed by atoms with Crippen LogP contribution in [0.15, 0.2) is 0 Å². The van der Waals surface area contributed by atoms with Gasteiger partial charge in [0.1, 0.15) is 5.78 Å². The first-order valence-electron chi connectivity index (χ1n) is 5.66. The van der Waals surface area contributed by atoms with E-state index in [2.05, 4.69) is 24.1 Å². The second-order valence-electron chi connectivity index (χ2n) is 4.64. The number of nitrogens with one attached hydrogen (secondary N) is 1. The van der Waals surface area contributed by atoms with Gasteiger partial charge in [-0.1, -0.05) is 5.82 Å². The molecule has 0 amide bonds. The Morgan fingerprint density at radius 2 is 2.13 bits per heavy atom. The van der Waals surface area contributed by atoms with Crippen LogP contribution in [0.2, 0.25) is 5.82 Å². The predicted molar refractivity (Wildman–Crippen MR) is 63.3 cm³/mol. The third-order valence-electron chi connectivity index (χ3n) is 3.54. The Hall–Kier alpha value is -0.345. The molecular formula is C11H21BN2O. The molecule has 0 aromatic rings. The zero-order valence-corrected chi connectivity index (χ0v) is 10.2. The molecule has 2 unspecified atom stereocenters. The number of Topliss-reactive ketones (excluding diaryl/α,β-unsaturated/α-hetero) is 1. The highest BCUT2D eigenvalue weighted by atomic mass is 16.1. The van der Waals surface area contributed by atoms with Gasteiger partial charge in [-0.05, 0) is 40.8 Å². The van der Waals surface area contributed by atoms with Crippen molar-refractivity contribution in [3.05, 3.63) is 0 Å². The van der Waals surface area contributed by atoms with Crippen molar-refractivity contribution in [1.82, 2.24) is 10.2 Å². The third-order valence-corrected chi connectivity index (χ3v) is 3.54. The van der Waals surface area contributed by atoms with Gasteiger partial charge >= 0.3 is 0 Å². The van der Waals surface area contributed by atoms with Crippen LogP contribution in [-0.2, 0) is 4.79 Å². The second-order valence-corrected chi connectivity index (χ2v) is 4.64. The summed E-state index contributed by atoms with van der Waals surface area (Å²) >= 11 is 0. The molecule has 1 heterocycles. The number of likely N-dealkylation sites (N-methyl/N-ethyl adjacent to an activating group) is 1. The van der Waals surface area contributed by atoms with Gasteiger partial charge in [-0.2, -0.15) is 0 Å². The van der Waals surface area contributed by atoms with Crippen LogP contribution in [0.5, 0.6) is 0 Å². The molecule has 1 saturated heterocycles. The quantitative estimate of drug-likeness (QED) is 0.687. The molecule has 2 radical (unpaired) electrons. The maximum Gasteiger partial charge on any atom is 0.146 e. The van der Waals surface area contributed by atoms with Crippen molar-refractivity contribution < 1.29 is 4.79 Å². The van der Waals surface area contributed by atoms with Crippen LogP contribution in [0.25, 0.3) is 0 Å². The van der Waals surface area contributed by atoms with E-state index in [9.17, 15) is 4.79 Å². The van der Waals surface area contributed by atoms with Crippen molar-refractivity contribution in [2.75, 3.05) is 13.6 Å². The molecule has 84 valence electrons. The molecule has 0 aliphatic carbocycles. The van der Waals surface area contributed by atoms with E-state index < -0.39 is 0 Å². The van der Waals surface area contributed by atoms with Crippen LogP contribution in [0.3, 0.4) is 0 Å². The van der Waals surface area contributed by atoms with Gasteiger partial charge in [0.25, 0.3) is 0 Å². The van der Waals surface area contributed by atoms with Crippen molar-refractivity contribution >= 4 is 13.6 Å². The van der Waals surface area contributed by atoms with Gasteiger partial charge in [0.15, 0.2) is 0 Å². The van der Waals surface area contributed by atoms with Crippen LogP contribution < -0.4 is 5.32 Å². The zero-order chi connectivity index (χ0) is 11.6. The fourth-order valence-electron chi connectivity index (χ4n) is 2.27. The Morgan fingerprint density at radius 1 is 1.53 bits per heavy atom. The summed E-state index contributed by atoms with van der Waals surface area (Å²) in [6.45, 7) is 6.77. The molecule has 0 spiro atoms. The SMILES string of the molecule is [B][C@@H]1C[C@H](C(C)=O)N(C(C)C(C)NC)C1. The number of carbonyl (C=O) groups excluding carboxylic acids is 1. The summed E-state index contributed by atoms with van der Waals surface area (Å²) in [4.78, 5) is 13.7. The van der Waals surface area contributed by atoms with Crippen LogP contribution in [0, 0.1) is 0 Å². The summed E-state index contributed by atoms with van der Waals surface area (Å²) < 4.78 is 0. The summed E-state index contributed by atoms with van der Waals surface area (Å²) in [5, 5.41) is 3.22. The lowest BCUT2D eigenvalue weighted by Crippen LogP contribution is -2.49. The molecular weight excluding hydrogens is 187 g/mol. The molecule has 1 aliphatic heterocycles. The summed E-state index contributed by atoms with van der Waals surface area (Å²) in [7, 11) is 7.86. The summed E-state index contributed by atoms with van der Waals surface area (Å²) in [5.74, 6) is 0.378. The van der Waals surface area contributed by atoms with E-state index in [-0.39, 0.29) is 17.6 Å². The standard InChI is InChI=1S/C11H21BN2O/c1-7(13-4)8(2)14-6-10(12)5-11(14)9(3)15/h7-8,10-11,13H,5-6H2,1-4H3/t7?,8?,10-,11-/m1/s1. The normalized spacial score (nSPS) is 31.5. The molecule has 15 heavy (non-hydrogen) atoms. The molecule has 0 saturated carbocycles. The number of likely N-dealkylation sites (tertiary alicyclic amines) is 1. The monoisotopic (exact) mass is 208 g/mol. The number of rotatable bonds is 4. The molecule has 0 aromatic carbocycles. The Labute approximate surface area is 94.0 Å². The lowest BCUT2D eigenvalue weighted by Gasteiger charge is -2.33. The van der Waals surface area contributed by atoms with Crippen LogP contribution in [-0.4, -0.2) is 50.2 Å². The van der Waals surface area contributed by atoms with Crippen molar-refractivity contribution in [2.24, 2.45) is 0 Å². The molecule has 3 nitrogen and oxygen atoms in total. The van der Waals surface area contributed by atoms with Gasteiger partial charge in [-0.3, -0.25) is 9.69 Å². The molecule has 0 bridgehead atoms. The van der Waals surface area contributed by atoms with E-state index in [0.717, 1.165) is 13.0 Å². The first-order chi connectivity index (χ1) is 6.97. The Kier molecular flexibility index (Phi) is 4.35. The fourth-order valence-corrected chi connectivity index (χ4v) is 2.27. The Balaban J connectivity index is 2.70. The van der Waals surface area contributed by atoms with E-state index in [4.69, 9.17) is 7.85 Å². The Morgan fingerprint density at radius 3 is 2.60 bits per heavy atom. The minimum atomic E-state index is 0.0193. The number of hydrogen-bond acceptors (Lipinski definition) is 3. The second kappa shape index (κ2) is 5.13. The molecule has 1 N–H and O–H groups in total. The average Bonchev–Trinajstić information content (AvgIpc) is 2.58. The first-order valence-corrected chi connectivity index (χ1v) is 5.66. The zero-order valence-electron chi connectivity index (χ0n) is 10.2. The number of ketones is 1. The summed E-state index contributed by atoms with van der Waals surface area (Å²) in [5.41, 5.74) is 0. The first kappa shape index (κ1) is 12.7. The van der Waals surface area contributed by atoms with Crippen molar-refractivity contribution in [2.45, 2.75) is 51.1 Å². The predicted octanol–water partition coefficient (Wildman–Crippen LogP) is 0.603. The smallest absolute Gasteiger partial charge is 0.146 e. The van der Waals surface area contributed by atoms with E-state index in [1.54, 1.807) is 6.92 Å². The van der Waals surface area contributed by atoms with Crippen LogP contribution in [0.4, 0.5) is 0 Å². The van der Waals surface area contributed by atoms with Gasteiger partial charge in [0.05, 0.1) is 13.9 Å². The third kappa shape index (κ3) is 2.82. The average molecular weight is 208 g/mol. The number of nitrogens with zero attached hydrogens (tertiary/aromatic N) is 1. The van der Waals surface area contributed by atoms with Gasteiger partial charge in [-0.15, -0.1) is 0 Å². The number of carbonyl (C=O) groups is 1. The van der Waals surface area contributed by atoms with Crippen LogP contribution in [0.1, 0.15) is 27.2 Å². The van der Waals surface area contributed by atoms with E-state index in [0.29, 0.717) is 12.1 Å². The molecule has 0 aromatic heterocycles. The lowest BCUT2D eigenvalue weighted by atomic mass is 9.85. The van der Waals surface area contributed by atoms with Crippen molar-refractivity contribution in [1.29, 1.82) is 0 Å². The van der Waals surface area contributed by atoms with Crippen molar-refractivity contribution in [3.63, 3.8) is 0 Å². The molecule has 1 fully saturated rings. The largest absolute Gasteiger partial charge is 0.316 e. The highest BCUT2D eigenvalue weighted by molar-refractivity contribution is 6.12. The highest BCUT2D eigenvalue weighted by Crippen LogP contribution is 2.28. The molecule has 1 rings (SSSR count). The van der Waals surface area contributed by atoms with Gasteiger partial charge < -0.3 is 5.32 Å².